The molecule has 13 heavy (non-hydrogen) atoms. The van der Waals surface area contributed by atoms with Gasteiger partial charge >= 0.3 is 0 Å². The van der Waals surface area contributed by atoms with Gasteiger partial charge in [0.2, 0.25) is 5.91 Å². The summed E-state index contributed by atoms with van der Waals surface area (Å²) in [6, 6.07) is 0.386. The molecule has 2 aliphatic rings. The van der Waals surface area contributed by atoms with E-state index in [1.807, 2.05) is 0 Å². The number of aliphatic hydroxyl groups excluding tert-OH is 1. The third kappa shape index (κ3) is 1.70. The summed E-state index contributed by atoms with van der Waals surface area (Å²) in [5.74, 6) is 0.0851. The first-order valence-electron chi connectivity index (χ1n) is 5.19. The summed E-state index contributed by atoms with van der Waals surface area (Å²) in [6.07, 6.45) is 6.43. The molecule has 1 amide bonds. The zero-order valence-corrected chi connectivity index (χ0v) is 7.88. The van der Waals surface area contributed by atoms with E-state index in [1.54, 1.807) is 0 Å². The van der Waals surface area contributed by atoms with Crippen LogP contribution < -0.4 is 5.32 Å². The maximum atomic E-state index is 11.6. The van der Waals surface area contributed by atoms with E-state index in [2.05, 4.69) is 5.32 Å². The molecule has 0 bridgehead atoms. The topological polar surface area (TPSA) is 49.3 Å². The minimum absolute atomic E-state index is 0.0194. The number of hydrogen-bond acceptors (Lipinski definition) is 2. The highest BCUT2D eigenvalue weighted by Gasteiger charge is 2.49. The summed E-state index contributed by atoms with van der Waals surface area (Å²) in [4.78, 5) is 11.6. The Morgan fingerprint density at radius 1 is 1.38 bits per heavy atom. The monoisotopic (exact) mass is 183 g/mol. The molecule has 3 heteroatoms. The summed E-state index contributed by atoms with van der Waals surface area (Å²) in [5.41, 5.74) is -0.386. The van der Waals surface area contributed by atoms with Crippen molar-refractivity contribution in [2.24, 2.45) is 5.41 Å². The Labute approximate surface area is 78.5 Å². The number of rotatable bonds is 3. The Hall–Kier alpha value is -0.570. The van der Waals surface area contributed by atoms with Crippen molar-refractivity contribution >= 4 is 5.91 Å². The highest BCUT2D eigenvalue weighted by molar-refractivity contribution is 5.85. The van der Waals surface area contributed by atoms with Crippen molar-refractivity contribution in [2.45, 2.75) is 44.6 Å². The third-order valence-corrected chi connectivity index (χ3v) is 3.33. The van der Waals surface area contributed by atoms with Crippen LogP contribution in [0, 0.1) is 5.41 Å². The van der Waals surface area contributed by atoms with E-state index in [0.29, 0.717) is 6.04 Å². The van der Waals surface area contributed by atoms with Crippen LogP contribution in [0.2, 0.25) is 0 Å². The first-order chi connectivity index (χ1) is 6.27. The van der Waals surface area contributed by atoms with Crippen LogP contribution in [-0.4, -0.2) is 23.7 Å². The third-order valence-electron chi connectivity index (χ3n) is 3.33. The van der Waals surface area contributed by atoms with Gasteiger partial charge in [-0.2, -0.15) is 0 Å². The summed E-state index contributed by atoms with van der Waals surface area (Å²) in [6.45, 7) is 0.0194. The number of carbonyl (C=O) groups is 1. The summed E-state index contributed by atoms with van der Waals surface area (Å²) in [7, 11) is 0. The van der Waals surface area contributed by atoms with E-state index in [0.717, 1.165) is 25.7 Å². The number of amides is 1. The highest BCUT2D eigenvalue weighted by atomic mass is 16.3. The normalized spacial score (nSPS) is 25.9. The maximum Gasteiger partial charge on any atom is 0.228 e. The second-order valence-electron chi connectivity index (χ2n) is 4.39. The number of nitrogens with one attached hydrogen (secondary N) is 1. The van der Waals surface area contributed by atoms with Gasteiger partial charge in [0, 0.05) is 6.04 Å². The van der Waals surface area contributed by atoms with Gasteiger partial charge in [0.1, 0.15) is 0 Å². The molecule has 0 atom stereocenters. The van der Waals surface area contributed by atoms with Gasteiger partial charge in [0.05, 0.1) is 12.0 Å². The molecule has 0 aromatic rings. The van der Waals surface area contributed by atoms with Crippen molar-refractivity contribution in [3.8, 4) is 0 Å². The second-order valence-corrected chi connectivity index (χ2v) is 4.39. The first-order valence-corrected chi connectivity index (χ1v) is 5.19. The predicted octanol–water partition coefficient (Wildman–Crippen LogP) is 0.818. The van der Waals surface area contributed by atoms with Gasteiger partial charge < -0.3 is 10.4 Å². The smallest absolute Gasteiger partial charge is 0.228 e. The zero-order chi connectivity index (χ0) is 9.31. The van der Waals surface area contributed by atoms with Crippen LogP contribution in [0.25, 0.3) is 0 Å². The lowest BCUT2D eigenvalue weighted by atomic mass is 10.1. The standard InChI is InChI=1S/C10H17NO2/c12-7-10(5-6-10)9(13)11-8-3-1-2-4-8/h8,12H,1-7H2,(H,11,13). The van der Waals surface area contributed by atoms with Crippen molar-refractivity contribution < 1.29 is 9.90 Å². The molecule has 2 rings (SSSR count). The summed E-state index contributed by atoms with van der Waals surface area (Å²) < 4.78 is 0. The molecule has 74 valence electrons. The minimum atomic E-state index is -0.386. The van der Waals surface area contributed by atoms with E-state index in [-0.39, 0.29) is 17.9 Å². The zero-order valence-electron chi connectivity index (χ0n) is 7.88. The lowest BCUT2D eigenvalue weighted by molar-refractivity contribution is -0.128. The molecule has 0 aromatic heterocycles. The SMILES string of the molecule is O=C(NC1CCCC1)C1(CO)CC1. The van der Waals surface area contributed by atoms with E-state index < -0.39 is 0 Å². The molecule has 0 heterocycles. The quantitative estimate of drug-likeness (QED) is 0.680. The molecule has 0 radical (unpaired) electrons. The number of carbonyl (C=O) groups excluding carboxylic acids is 1. The number of aliphatic hydroxyl groups is 1. The molecule has 0 aromatic carbocycles. The fraction of sp³-hybridized carbons (Fsp3) is 0.900. The number of hydrogen-bond donors (Lipinski definition) is 2. The maximum absolute atomic E-state index is 11.6. The van der Waals surface area contributed by atoms with Crippen molar-refractivity contribution in [2.75, 3.05) is 6.61 Å². The van der Waals surface area contributed by atoms with Gasteiger partial charge in [-0.25, -0.2) is 0 Å². The Balaban J connectivity index is 1.84. The van der Waals surface area contributed by atoms with E-state index in [9.17, 15) is 4.79 Å². The molecule has 2 saturated carbocycles. The molecule has 2 fully saturated rings. The molecule has 2 N–H and O–H groups in total. The highest BCUT2D eigenvalue weighted by Crippen LogP contribution is 2.45. The van der Waals surface area contributed by atoms with Crippen LogP contribution in [0.3, 0.4) is 0 Å². The van der Waals surface area contributed by atoms with Gasteiger partial charge in [0.25, 0.3) is 0 Å². The Bertz CT molecular complexity index is 205. The van der Waals surface area contributed by atoms with Crippen LogP contribution in [0.15, 0.2) is 0 Å². The average Bonchev–Trinajstić information content (AvgIpc) is 2.79. The fourth-order valence-corrected chi connectivity index (χ4v) is 2.02. The van der Waals surface area contributed by atoms with E-state index >= 15 is 0 Å². The molecule has 0 spiro atoms. The Kier molecular flexibility index (Phi) is 2.28. The predicted molar refractivity (Wildman–Crippen MR) is 49.2 cm³/mol. The van der Waals surface area contributed by atoms with Gasteiger partial charge in [-0.1, -0.05) is 12.8 Å². The fourth-order valence-electron chi connectivity index (χ4n) is 2.02. The van der Waals surface area contributed by atoms with E-state index in [1.165, 1.54) is 12.8 Å². The largest absolute Gasteiger partial charge is 0.395 e. The molecule has 0 saturated heterocycles. The first kappa shape index (κ1) is 9.00. The Morgan fingerprint density at radius 2 is 2.00 bits per heavy atom. The van der Waals surface area contributed by atoms with Crippen LogP contribution in [-0.2, 0) is 4.79 Å². The van der Waals surface area contributed by atoms with Crippen molar-refractivity contribution in [1.29, 1.82) is 0 Å². The second kappa shape index (κ2) is 3.29. The van der Waals surface area contributed by atoms with Gasteiger partial charge in [-0.05, 0) is 25.7 Å². The molecule has 2 aliphatic carbocycles. The van der Waals surface area contributed by atoms with Crippen LogP contribution in [0.4, 0.5) is 0 Å². The molecule has 3 nitrogen and oxygen atoms in total. The van der Waals surface area contributed by atoms with Gasteiger partial charge in [0.15, 0.2) is 0 Å². The summed E-state index contributed by atoms with van der Waals surface area (Å²) in [5, 5.41) is 12.1. The van der Waals surface area contributed by atoms with E-state index in [4.69, 9.17) is 5.11 Å². The lowest BCUT2D eigenvalue weighted by Gasteiger charge is -2.16. The minimum Gasteiger partial charge on any atom is -0.395 e. The lowest BCUT2D eigenvalue weighted by Crippen LogP contribution is -2.39. The van der Waals surface area contributed by atoms with Crippen molar-refractivity contribution in [1.82, 2.24) is 5.32 Å². The van der Waals surface area contributed by atoms with Crippen LogP contribution in [0.5, 0.6) is 0 Å². The van der Waals surface area contributed by atoms with Gasteiger partial charge in [-0.3, -0.25) is 4.79 Å². The average molecular weight is 183 g/mol. The molecule has 0 aliphatic heterocycles. The Morgan fingerprint density at radius 3 is 2.46 bits per heavy atom. The molecule has 0 unspecified atom stereocenters. The summed E-state index contributed by atoms with van der Waals surface area (Å²) >= 11 is 0. The van der Waals surface area contributed by atoms with Crippen LogP contribution in [0.1, 0.15) is 38.5 Å². The van der Waals surface area contributed by atoms with Crippen molar-refractivity contribution in [3.63, 3.8) is 0 Å². The van der Waals surface area contributed by atoms with Crippen molar-refractivity contribution in [3.05, 3.63) is 0 Å². The van der Waals surface area contributed by atoms with Crippen LogP contribution >= 0.6 is 0 Å². The van der Waals surface area contributed by atoms with Gasteiger partial charge in [-0.15, -0.1) is 0 Å². The molecular weight excluding hydrogens is 166 g/mol. The molecular formula is C10H17NO2.